The highest BCUT2D eigenvalue weighted by Crippen LogP contribution is 2.55. The van der Waals surface area contributed by atoms with Crippen LogP contribution in [0.2, 0.25) is 0 Å². The van der Waals surface area contributed by atoms with Gasteiger partial charge in [-0.1, -0.05) is 35.9 Å². The lowest BCUT2D eigenvalue weighted by atomic mass is 10.0. The molecule has 3 aromatic rings. The second-order valence-electron chi connectivity index (χ2n) is 7.96. The van der Waals surface area contributed by atoms with Crippen molar-refractivity contribution in [1.29, 1.82) is 0 Å². The molecule has 166 valence electrons. The molecule has 0 saturated carbocycles. The third-order valence-electron chi connectivity index (χ3n) is 5.79. The number of anilines is 3. The summed E-state index contributed by atoms with van der Waals surface area (Å²) < 4.78 is 13.2. The van der Waals surface area contributed by atoms with Crippen molar-refractivity contribution in [3.05, 3.63) is 89.7 Å². The highest BCUT2D eigenvalue weighted by atomic mass is 32.2. The Balaban J connectivity index is 1.50. The Morgan fingerprint density at radius 3 is 2.45 bits per heavy atom. The van der Waals surface area contributed by atoms with Crippen molar-refractivity contribution < 1.29 is 18.8 Å². The van der Waals surface area contributed by atoms with Crippen molar-refractivity contribution in [2.75, 3.05) is 27.4 Å². The number of hydrogen-bond donors (Lipinski definition) is 1. The number of thioether (sulfide) groups is 1. The third-order valence-corrected chi connectivity index (χ3v) is 7.17. The molecule has 2 heterocycles. The standard InChI is InChI=1S/C25H20FN3O3S/c1-16-6-12-19(13-7-16)29-23(31)15-33-25(29)20-4-2-3-5-21(20)28(24(25)32)14-22(30)27-18-10-8-17(26)9-11-18/h2-13H,14-15H2,1H3,(H,27,30). The van der Waals surface area contributed by atoms with E-state index >= 15 is 0 Å². The van der Waals surface area contributed by atoms with Crippen LogP contribution in [0.1, 0.15) is 11.1 Å². The minimum absolute atomic E-state index is 0.156. The molecule has 1 atom stereocenters. The molecule has 0 aliphatic carbocycles. The van der Waals surface area contributed by atoms with Gasteiger partial charge in [0.05, 0.1) is 11.4 Å². The quantitative estimate of drug-likeness (QED) is 0.637. The van der Waals surface area contributed by atoms with Crippen molar-refractivity contribution in [3.8, 4) is 0 Å². The van der Waals surface area contributed by atoms with Crippen LogP contribution in [0.3, 0.4) is 0 Å². The molecule has 33 heavy (non-hydrogen) atoms. The summed E-state index contributed by atoms with van der Waals surface area (Å²) in [6, 6.07) is 20.1. The van der Waals surface area contributed by atoms with Gasteiger partial charge in [-0.3, -0.25) is 24.2 Å². The van der Waals surface area contributed by atoms with Crippen LogP contribution < -0.4 is 15.1 Å². The minimum atomic E-state index is -1.26. The molecule has 0 radical (unpaired) electrons. The first-order valence-electron chi connectivity index (χ1n) is 10.4. The minimum Gasteiger partial charge on any atom is -0.325 e. The van der Waals surface area contributed by atoms with Gasteiger partial charge < -0.3 is 5.32 Å². The number of rotatable bonds is 4. The van der Waals surface area contributed by atoms with E-state index in [-0.39, 0.29) is 24.1 Å². The second kappa shape index (κ2) is 8.04. The molecule has 5 rings (SSSR count). The van der Waals surface area contributed by atoms with Crippen LogP contribution in [0.25, 0.3) is 0 Å². The lowest BCUT2D eigenvalue weighted by molar-refractivity contribution is -0.124. The monoisotopic (exact) mass is 461 g/mol. The summed E-state index contributed by atoms with van der Waals surface area (Å²) in [6.45, 7) is 1.73. The molecule has 1 saturated heterocycles. The molecule has 6 nitrogen and oxygen atoms in total. The number of halogens is 1. The molecule has 3 amide bonds. The fourth-order valence-electron chi connectivity index (χ4n) is 4.28. The summed E-state index contributed by atoms with van der Waals surface area (Å²) in [7, 11) is 0. The van der Waals surface area contributed by atoms with Gasteiger partial charge in [0.2, 0.25) is 16.7 Å². The van der Waals surface area contributed by atoms with Gasteiger partial charge in [0.25, 0.3) is 5.91 Å². The Hall–Kier alpha value is -3.65. The van der Waals surface area contributed by atoms with Gasteiger partial charge >= 0.3 is 0 Å². The Kier molecular flexibility index (Phi) is 5.17. The normalized spacial score (nSPS) is 19.3. The van der Waals surface area contributed by atoms with E-state index < -0.39 is 16.6 Å². The number of nitrogens with zero attached hydrogens (tertiary/aromatic N) is 2. The Morgan fingerprint density at radius 2 is 1.73 bits per heavy atom. The van der Waals surface area contributed by atoms with Crippen LogP contribution in [0.15, 0.2) is 72.8 Å². The number of hydrogen-bond acceptors (Lipinski definition) is 4. The van der Waals surface area contributed by atoms with E-state index in [9.17, 15) is 18.8 Å². The SMILES string of the molecule is Cc1ccc(N2C(=O)CSC23C(=O)N(CC(=O)Nc2ccc(F)cc2)c2ccccc23)cc1. The smallest absolute Gasteiger partial charge is 0.269 e. The van der Waals surface area contributed by atoms with Crippen LogP contribution in [-0.4, -0.2) is 30.0 Å². The van der Waals surface area contributed by atoms with Gasteiger partial charge in [0.1, 0.15) is 12.4 Å². The first kappa shape index (κ1) is 21.2. The second-order valence-corrected chi connectivity index (χ2v) is 9.13. The predicted molar refractivity (Wildman–Crippen MR) is 127 cm³/mol. The summed E-state index contributed by atoms with van der Waals surface area (Å²) in [4.78, 5) is 41.4. The highest BCUT2D eigenvalue weighted by Gasteiger charge is 2.61. The van der Waals surface area contributed by atoms with Crippen molar-refractivity contribution in [3.63, 3.8) is 0 Å². The van der Waals surface area contributed by atoms with E-state index in [0.29, 0.717) is 22.6 Å². The molecule has 1 spiro atoms. The topological polar surface area (TPSA) is 69.7 Å². The van der Waals surface area contributed by atoms with Gasteiger partial charge in [-0.2, -0.15) is 0 Å². The third kappa shape index (κ3) is 3.47. The van der Waals surface area contributed by atoms with Gasteiger partial charge in [-0.15, -0.1) is 11.8 Å². The van der Waals surface area contributed by atoms with Crippen molar-refractivity contribution in [2.24, 2.45) is 0 Å². The maximum atomic E-state index is 13.9. The van der Waals surface area contributed by atoms with Crippen molar-refractivity contribution in [2.45, 2.75) is 11.8 Å². The molecule has 3 aromatic carbocycles. The van der Waals surface area contributed by atoms with E-state index in [1.807, 2.05) is 43.3 Å². The summed E-state index contributed by atoms with van der Waals surface area (Å²) in [5.74, 6) is -1.17. The lowest BCUT2D eigenvalue weighted by Gasteiger charge is -2.33. The molecule has 1 unspecified atom stereocenters. The maximum absolute atomic E-state index is 13.9. The fourth-order valence-corrected chi connectivity index (χ4v) is 5.64. The predicted octanol–water partition coefficient (Wildman–Crippen LogP) is 4.05. The first-order chi connectivity index (χ1) is 15.9. The summed E-state index contributed by atoms with van der Waals surface area (Å²) in [5, 5.41) is 2.70. The molecular formula is C25H20FN3O3S. The fraction of sp³-hybridized carbons (Fsp3) is 0.160. The molecule has 1 fully saturated rings. The molecule has 2 aliphatic heterocycles. The largest absolute Gasteiger partial charge is 0.325 e. The van der Waals surface area contributed by atoms with Gasteiger partial charge in [-0.05, 0) is 49.4 Å². The number of para-hydroxylation sites is 1. The molecule has 0 aromatic heterocycles. The molecule has 2 aliphatic rings. The number of carbonyl (C=O) groups is 3. The Morgan fingerprint density at radius 1 is 1.03 bits per heavy atom. The first-order valence-corrected chi connectivity index (χ1v) is 11.4. The summed E-state index contributed by atoms with van der Waals surface area (Å²) in [5.41, 5.74) is 3.39. The lowest BCUT2D eigenvalue weighted by Crippen LogP contribution is -2.50. The number of fused-ring (bicyclic) bond motifs is 2. The highest BCUT2D eigenvalue weighted by molar-refractivity contribution is 8.02. The zero-order valence-corrected chi connectivity index (χ0v) is 18.6. The van der Waals surface area contributed by atoms with E-state index in [2.05, 4.69) is 5.32 Å². The Bertz CT molecular complexity index is 1260. The average molecular weight is 462 g/mol. The number of benzene rings is 3. The zero-order valence-electron chi connectivity index (χ0n) is 17.7. The van der Waals surface area contributed by atoms with Gasteiger partial charge in [0, 0.05) is 16.9 Å². The Labute approximate surface area is 194 Å². The molecule has 8 heteroatoms. The van der Waals surface area contributed by atoms with Gasteiger partial charge in [0.15, 0.2) is 0 Å². The zero-order chi connectivity index (χ0) is 23.2. The van der Waals surface area contributed by atoms with Crippen LogP contribution in [-0.2, 0) is 19.3 Å². The summed E-state index contributed by atoms with van der Waals surface area (Å²) >= 11 is 1.27. The number of carbonyl (C=O) groups excluding carboxylic acids is 3. The van der Waals surface area contributed by atoms with E-state index in [4.69, 9.17) is 0 Å². The summed E-state index contributed by atoms with van der Waals surface area (Å²) in [6.07, 6.45) is 0. The average Bonchev–Trinajstić information content (AvgIpc) is 3.27. The number of nitrogens with one attached hydrogen (secondary N) is 1. The van der Waals surface area contributed by atoms with Crippen LogP contribution >= 0.6 is 11.8 Å². The van der Waals surface area contributed by atoms with Gasteiger partial charge in [-0.25, -0.2) is 4.39 Å². The number of aryl methyl sites for hydroxylation is 1. The van der Waals surface area contributed by atoms with E-state index in [0.717, 1.165) is 5.56 Å². The van der Waals surface area contributed by atoms with Crippen LogP contribution in [0.5, 0.6) is 0 Å². The van der Waals surface area contributed by atoms with Crippen molar-refractivity contribution in [1.82, 2.24) is 0 Å². The van der Waals surface area contributed by atoms with E-state index in [1.165, 1.54) is 40.9 Å². The molecular weight excluding hydrogens is 441 g/mol. The maximum Gasteiger partial charge on any atom is 0.269 e. The number of amides is 3. The molecule has 1 N–H and O–H groups in total. The van der Waals surface area contributed by atoms with Crippen LogP contribution in [0.4, 0.5) is 21.5 Å². The van der Waals surface area contributed by atoms with E-state index in [1.54, 1.807) is 17.0 Å². The molecule has 0 bridgehead atoms. The van der Waals surface area contributed by atoms with Crippen molar-refractivity contribution >= 4 is 46.5 Å². The van der Waals surface area contributed by atoms with Crippen LogP contribution in [0, 0.1) is 12.7 Å².